The smallest absolute Gasteiger partial charge is 0.239 e. The van der Waals surface area contributed by atoms with Gasteiger partial charge in [-0.3, -0.25) is 9.59 Å². The molecule has 6 heteroatoms. The molecule has 0 saturated heterocycles. The fraction of sp³-hybridized carbons (Fsp3) is 0.333. The normalized spacial score (nSPS) is 10.2. The van der Waals surface area contributed by atoms with Crippen LogP contribution in [-0.4, -0.2) is 43.5 Å². The second kappa shape index (κ2) is 10.2. The van der Waals surface area contributed by atoms with Crippen molar-refractivity contribution in [3.63, 3.8) is 0 Å². The predicted molar refractivity (Wildman–Crippen MR) is 104 cm³/mol. The van der Waals surface area contributed by atoms with Crippen LogP contribution in [0, 0.1) is 6.92 Å². The van der Waals surface area contributed by atoms with Gasteiger partial charge in [0.2, 0.25) is 11.8 Å². The summed E-state index contributed by atoms with van der Waals surface area (Å²) in [5, 5.41) is 2.78. The molecule has 0 saturated carbocycles. The molecule has 2 rings (SSSR count). The van der Waals surface area contributed by atoms with Gasteiger partial charge >= 0.3 is 0 Å². The standard InChI is InChI=1S/C21H26N2O4/c1-16-6-4-5-7-18(16)14-23(17(2)24)15-21(25)22-12-13-27-20-10-8-19(26-3)9-11-20/h4-11H,12-15H2,1-3H3,(H,22,25). The van der Waals surface area contributed by atoms with Crippen molar-refractivity contribution in [3.8, 4) is 11.5 Å². The van der Waals surface area contributed by atoms with Crippen molar-refractivity contribution in [2.24, 2.45) is 0 Å². The van der Waals surface area contributed by atoms with Gasteiger partial charge in [0.25, 0.3) is 0 Å². The van der Waals surface area contributed by atoms with Crippen molar-refractivity contribution in [2.75, 3.05) is 26.8 Å². The summed E-state index contributed by atoms with van der Waals surface area (Å²) in [4.78, 5) is 25.6. The molecule has 2 amide bonds. The topological polar surface area (TPSA) is 67.9 Å². The molecule has 2 aromatic rings. The van der Waals surface area contributed by atoms with Gasteiger partial charge in [0, 0.05) is 13.5 Å². The van der Waals surface area contributed by atoms with Crippen molar-refractivity contribution in [2.45, 2.75) is 20.4 Å². The highest BCUT2D eigenvalue weighted by Crippen LogP contribution is 2.16. The molecular formula is C21H26N2O4. The lowest BCUT2D eigenvalue weighted by Crippen LogP contribution is -2.40. The molecule has 27 heavy (non-hydrogen) atoms. The molecule has 144 valence electrons. The number of ether oxygens (including phenoxy) is 2. The molecule has 0 heterocycles. The van der Waals surface area contributed by atoms with Gasteiger partial charge in [-0.1, -0.05) is 24.3 Å². The van der Waals surface area contributed by atoms with E-state index in [4.69, 9.17) is 9.47 Å². The maximum atomic E-state index is 12.2. The lowest BCUT2D eigenvalue weighted by Gasteiger charge is -2.21. The number of carbonyl (C=O) groups is 2. The largest absolute Gasteiger partial charge is 0.497 e. The van der Waals surface area contributed by atoms with Gasteiger partial charge in [0.1, 0.15) is 18.1 Å². The molecule has 0 spiro atoms. The summed E-state index contributed by atoms with van der Waals surface area (Å²) in [7, 11) is 1.61. The van der Waals surface area contributed by atoms with Crippen LogP contribution in [0.2, 0.25) is 0 Å². The third-order valence-corrected chi connectivity index (χ3v) is 4.15. The van der Waals surface area contributed by atoms with Crippen LogP contribution in [0.3, 0.4) is 0 Å². The minimum atomic E-state index is -0.211. The Morgan fingerprint density at radius 3 is 2.33 bits per heavy atom. The first-order chi connectivity index (χ1) is 13.0. The second-order valence-corrected chi connectivity index (χ2v) is 6.18. The van der Waals surface area contributed by atoms with Crippen LogP contribution in [0.4, 0.5) is 0 Å². The third-order valence-electron chi connectivity index (χ3n) is 4.15. The van der Waals surface area contributed by atoms with E-state index < -0.39 is 0 Å². The quantitative estimate of drug-likeness (QED) is 0.689. The van der Waals surface area contributed by atoms with Gasteiger partial charge in [0.15, 0.2) is 0 Å². The number of hydrogen-bond donors (Lipinski definition) is 1. The number of hydrogen-bond acceptors (Lipinski definition) is 4. The minimum Gasteiger partial charge on any atom is -0.497 e. The summed E-state index contributed by atoms with van der Waals surface area (Å²) in [6.07, 6.45) is 0. The van der Waals surface area contributed by atoms with Crippen molar-refractivity contribution < 1.29 is 19.1 Å². The Labute approximate surface area is 160 Å². The summed E-state index contributed by atoms with van der Waals surface area (Å²) < 4.78 is 10.7. The van der Waals surface area contributed by atoms with Crippen LogP contribution in [0.15, 0.2) is 48.5 Å². The zero-order chi connectivity index (χ0) is 19.6. The van der Waals surface area contributed by atoms with E-state index in [2.05, 4.69) is 5.32 Å². The zero-order valence-corrected chi connectivity index (χ0v) is 16.0. The zero-order valence-electron chi connectivity index (χ0n) is 16.0. The molecule has 0 fully saturated rings. The second-order valence-electron chi connectivity index (χ2n) is 6.18. The molecule has 0 aromatic heterocycles. The van der Waals surface area contributed by atoms with E-state index in [9.17, 15) is 9.59 Å². The third kappa shape index (κ3) is 6.66. The molecular weight excluding hydrogens is 344 g/mol. The number of nitrogens with one attached hydrogen (secondary N) is 1. The van der Waals surface area contributed by atoms with Gasteiger partial charge in [-0.05, 0) is 42.3 Å². The van der Waals surface area contributed by atoms with E-state index in [-0.39, 0.29) is 18.4 Å². The van der Waals surface area contributed by atoms with Gasteiger partial charge in [-0.2, -0.15) is 0 Å². The van der Waals surface area contributed by atoms with Gasteiger partial charge < -0.3 is 19.7 Å². The van der Waals surface area contributed by atoms with E-state index in [0.29, 0.717) is 25.4 Å². The van der Waals surface area contributed by atoms with Crippen molar-refractivity contribution >= 4 is 11.8 Å². The first kappa shape index (κ1) is 20.3. The first-order valence-electron chi connectivity index (χ1n) is 8.83. The average Bonchev–Trinajstić information content (AvgIpc) is 2.66. The summed E-state index contributed by atoms with van der Waals surface area (Å²) in [5.41, 5.74) is 2.13. The van der Waals surface area contributed by atoms with Crippen LogP contribution >= 0.6 is 0 Å². The van der Waals surface area contributed by atoms with Crippen LogP contribution < -0.4 is 14.8 Å². The van der Waals surface area contributed by atoms with Gasteiger partial charge in [-0.25, -0.2) is 0 Å². The Morgan fingerprint density at radius 1 is 1.04 bits per heavy atom. The van der Waals surface area contributed by atoms with E-state index in [0.717, 1.165) is 16.9 Å². The number of methoxy groups -OCH3 is 1. The van der Waals surface area contributed by atoms with Crippen molar-refractivity contribution in [1.29, 1.82) is 0 Å². The fourth-order valence-corrected chi connectivity index (χ4v) is 2.53. The van der Waals surface area contributed by atoms with Gasteiger partial charge in [-0.15, -0.1) is 0 Å². The van der Waals surface area contributed by atoms with E-state index in [1.807, 2.05) is 43.3 Å². The first-order valence-corrected chi connectivity index (χ1v) is 8.83. The van der Waals surface area contributed by atoms with Crippen LogP contribution in [0.1, 0.15) is 18.1 Å². The highest BCUT2D eigenvalue weighted by molar-refractivity contribution is 5.83. The molecule has 0 radical (unpaired) electrons. The molecule has 2 aromatic carbocycles. The number of rotatable bonds is 9. The maximum Gasteiger partial charge on any atom is 0.239 e. The minimum absolute atomic E-state index is 0.0200. The Balaban J connectivity index is 1.76. The van der Waals surface area contributed by atoms with E-state index in [1.54, 1.807) is 19.2 Å². The fourth-order valence-electron chi connectivity index (χ4n) is 2.53. The van der Waals surface area contributed by atoms with Crippen LogP contribution in [0.25, 0.3) is 0 Å². The van der Waals surface area contributed by atoms with Crippen molar-refractivity contribution in [3.05, 3.63) is 59.7 Å². The lowest BCUT2D eigenvalue weighted by molar-refractivity contribution is -0.134. The molecule has 0 bridgehead atoms. The molecule has 1 N–H and O–H groups in total. The monoisotopic (exact) mass is 370 g/mol. The number of amides is 2. The summed E-state index contributed by atoms with van der Waals surface area (Å²) in [5.74, 6) is 1.11. The summed E-state index contributed by atoms with van der Waals surface area (Å²) in [6, 6.07) is 15.1. The number of aryl methyl sites for hydroxylation is 1. The summed E-state index contributed by atoms with van der Waals surface area (Å²) in [6.45, 7) is 4.60. The van der Waals surface area contributed by atoms with Gasteiger partial charge in [0.05, 0.1) is 20.2 Å². The Hall–Kier alpha value is -3.02. The molecule has 0 aliphatic carbocycles. The summed E-state index contributed by atoms with van der Waals surface area (Å²) >= 11 is 0. The maximum absolute atomic E-state index is 12.2. The number of carbonyl (C=O) groups excluding carboxylic acids is 2. The number of nitrogens with zero attached hydrogens (tertiary/aromatic N) is 1. The average molecular weight is 370 g/mol. The van der Waals surface area contributed by atoms with Crippen LogP contribution in [-0.2, 0) is 16.1 Å². The number of benzene rings is 2. The highest BCUT2D eigenvalue weighted by Gasteiger charge is 2.14. The van der Waals surface area contributed by atoms with Crippen LogP contribution in [0.5, 0.6) is 11.5 Å². The predicted octanol–water partition coefficient (Wildman–Crippen LogP) is 2.55. The highest BCUT2D eigenvalue weighted by atomic mass is 16.5. The lowest BCUT2D eigenvalue weighted by atomic mass is 10.1. The Morgan fingerprint density at radius 2 is 1.70 bits per heavy atom. The SMILES string of the molecule is COc1ccc(OCCNC(=O)CN(Cc2ccccc2C)C(C)=O)cc1. The molecule has 0 aliphatic rings. The molecule has 0 atom stereocenters. The Bertz CT molecular complexity index is 759. The van der Waals surface area contributed by atoms with Crippen molar-refractivity contribution in [1.82, 2.24) is 10.2 Å². The van der Waals surface area contributed by atoms with E-state index >= 15 is 0 Å². The molecule has 6 nitrogen and oxygen atoms in total. The molecule has 0 unspecified atom stereocenters. The van der Waals surface area contributed by atoms with E-state index in [1.165, 1.54) is 11.8 Å². The molecule has 0 aliphatic heterocycles. The Kier molecular flexibility index (Phi) is 7.67.